The molecule has 4 heteroatoms. The maximum absolute atomic E-state index is 12.2. The van der Waals surface area contributed by atoms with Crippen LogP contribution in [0.2, 0.25) is 0 Å². The van der Waals surface area contributed by atoms with Gasteiger partial charge < -0.3 is 5.32 Å². The normalized spacial score (nSPS) is 18.3. The van der Waals surface area contributed by atoms with Gasteiger partial charge in [-0.25, -0.2) is 0 Å². The average Bonchev–Trinajstić information content (AvgIpc) is 2.85. The Morgan fingerprint density at radius 2 is 1.96 bits per heavy atom. The third-order valence-corrected chi connectivity index (χ3v) is 4.53. The first kappa shape index (κ1) is 16.5. The largest absolute Gasteiger partial charge is 0.311 e. The molecule has 2 aromatic rings. The van der Waals surface area contributed by atoms with E-state index in [1.807, 2.05) is 25.2 Å². The fourth-order valence-electron chi connectivity index (χ4n) is 3.34. The zero-order valence-electron chi connectivity index (χ0n) is 15.1. The van der Waals surface area contributed by atoms with E-state index in [1.54, 1.807) is 4.68 Å². The van der Waals surface area contributed by atoms with Crippen molar-refractivity contribution in [1.82, 2.24) is 9.78 Å². The number of allylic oxidation sites excluding steroid dienone is 1. The number of aryl methyl sites for hydroxylation is 1. The zero-order valence-corrected chi connectivity index (χ0v) is 15.1. The van der Waals surface area contributed by atoms with Crippen LogP contribution < -0.4 is 5.32 Å². The molecular weight excluding hydrogens is 298 g/mol. The van der Waals surface area contributed by atoms with Crippen molar-refractivity contribution in [2.45, 2.75) is 45.4 Å². The number of nitrogens with one attached hydrogen (secondary N) is 1. The minimum Gasteiger partial charge on any atom is -0.311 e. The van der Waals surface area contributed by atoms with Gasteiger partial charge in [-0.15, -0.1) is 0 Å². The van der Waals surface area contributed by atoms with Gasteiger partial charge in [0.2, 0.25) is 5.91 Å². The molecule has 0 unspecified atom stereocenters. The lowest BCUT2D eigenvalue weighted by molar-refractivity contribution is -0.116. The highest BCUT2D eigenvalue weighted by Gasteiger charge is 2.36. The lowest BCUT2D eigenvalue weighted by atomic mass is 9.79. The van der Waals surface area contributed by atoms with E-state index in [0.717, 1.165) is 22.6 Å². The molecular formula is C20H25N3O. The monoisotopic (exact) mass is 323 g/mol. The maximum Gasteiger partial charge on any atom is 0.226 e. The van der Waals surface area contributed by atoms with Gasteiger partial charge in [0.1, 0.15) is 5.82 Å². The summed E-state index contributed by atoms with van der Waals surface area (Å²) in [4.78, 5) is 12.2. The van der Waals surface area contributed by atoms with Crippen LogP contribution in [0.3, 0.4) is 0 Å². The third-order valence-electron chi connectivity index (χ3n) is 4.53. The van der Waals surface area contributed by atoms with Gasteiger partial charge in [-0.1, -0.05) is 62.8 Å². The topological polar surface area (TPSA) is 46.9 Å². The Morgan fingerprint density at radius 1 is 1.29 bits per heavy atom. The predicted molar refractivity (Wildman–Crippen MR) is 98.0 cm³/mol. The molecule has 0 aliphatic carbocycles. The Kier molecular flexibility index (Phi) is 4.08. The van der Waals surface area contributed by atoms with Gasteiger partial charge in [0.05, 0.1) is 5.69 Å². The van der Waals surface area contributed by atoms with Crippen molar-refractivity contribution in [1.29, 1.82) is 0 Å². The van der Waals surface area contributed by atoms with Gasteiger partial charge in [-0.2, -0.15) is 5.10 Å². The lowest BCUT2D eigenvalue weighted by Gasteiger charge is -2.27. The predicted octanol–water partition coefficient (Wildman–Crippen LogP) is 4.25. The van der Waals surface area contributed by atoms with E-state index < -0.39 is 0 Å². The Labute approximate surface area is 143 Å². The van der Waals surface area contributed by atoms with E-state index in [9.17, 15) is 4.79 Å². The summed E-state index contributed by atoms with van der Waals surface area (Å²) in [7, 11) is 1.90. The molecule has 4 nitrogen and oxygen atoms in total. The molecule has 0 fully saturated rings. The highest BCUT2D eigenvalue weighted by atomic mass is 16.1. The SMILES string of the molecule is C/C(=C\c1ccccc1)[C@H]1CC(=O)Nc2c1c(C(C)(C)C)nn2C. The number of carbonyl (C=O) groups is 1. The van der Waals surface area contributed by atoms with Crippen LogP contribution in [0.1, 0.15) is 56.9 Å². The summed E-state index contributed by atoms with van der Waals surface area (Å²) >= 11 is 0. The van der Waals surface area contributed by atoms with Crippen LogP contribution >= 0.6 is 0 Å². The van der Waals surface area contributed by atoms with Gasteiger partial charge in [0.15, 0.2) is 0 Å². The molecule has 1 aromatic carbocycles. The Balaban J connectivity index is 2.11. The number of nitrogens with zero attached hydrogens (tertiary/aromatic N) is 2. The molecule has 0 saturated carbocycles. The van der Waals surface area contributed by atoms with Crippen LogP contribution in [0.15, 0.2) is 35.9 Å². The number of rotatable bonds is 2. The van der Waals surface area contributed by atoms with Gasteiger partial charge in [0, 0.05) is 30.4 Å². The first-order valence-electron chi connectivity index (χ1n) is 8.38. The summed E-state index contributed by atoms with van der Waals surface area (Å²) < 4.78 is 1.80. The molecule has 1 aliphatic heterocycles. The molecule has 1 aromatic heterocycles. The molecule has 0 saturated heterocycles. The van der Waals surface area contributed by atoms with Crippen molar-refractivity contribution in [3.63, 3.8) is 0 Å². The Bertz CT molecular complexity index is 794. The van der Waals surface area contributed by atoms with E-state index in [0.29, 0.717) is 6.42 Å². The van der Waals surface area contributed by atoms with Crippen LogP contribution in [-0.4, -0.2) is 15.7 Å². The minimum atomic E-state index is -0.0707. The smallest absolute Gasteiger partial charge is 0.226 e. The summed E-state index contributed by atoms with van der Waals surface area (Å²) in [5.41, 5.74) is 4.50. The van der Waals surface area contributed by atoms with Gasteiger partial charge >= 0.3 is 0 Å². The number of anilines is 1. The molecule has 0 bridgehead atoms. The number of benzene rings is 1. The fraction of sp³-hybridized carbons (Fsp3) is 0.400. The summed E-state index contributed by atoms with van der Waals surface area (Å²) in [6, 6.07) is 10.2. The van der Waals surface area contributed by atoms with E-state index in [2.05, 4.69) is 51.2 Å². The molecule has 24 heavy (non-hydrogen) atoms. The third kappa shape index (κ3) is 3.01. The van der Waals surface area contributed by atoms with E-state index in [1.165, 1.54) is 5.57 Å². The second-order valence-corrected chi connectivity index (χ2v) is 7.59. The summed E-state index contributed by atoms with van der Waals surface area (Å²) in [6.45, 7) is 8.61. The van der Waals surface area contributed by atoms with Gasteiger partial charge in [-0.3, -0.25) is 9.48 Å². The summed E-state index contributed by atoms with van der Waals surface area (Å²) in [5.74, 6) is 0.954. The molecule has 2 heterocycles. The van der Waals surface area contributed by atoms with Gasteiger partial charge in [0.25, 0.3) is 0 Å². The molecule has 3 rings (SSSR count). The number of fused-ring (bicyclic) bond motifs is 1. The molecule has 1 aliphatic rings. The fourth-order valence-corrected chi connectivity index (χ4v) is 3.34. The molecule has 1 amide bonds. The molecule has 0 radical (unpaired) electrons. The van der Waals surface area contributed by atoms with E-state index in [-0.39, 0.29) is 17.2 Å². The van der Waals surface area contributed by atoms with Gasteiger partial charge in [-0.05, 0) is 12.5 Å². The second-order valence-electron chi connectivity index (χ2n) is 7.59. The lowest BCUT2D eigenvalue weighted by Crippen LogP contribution is -2.26. The zero-order chi connectivity index (χ0) is 17.5. The molecule has 1 N–H and O–H groups in total. The van der Waals surface area contributed by atoms with Crippen molar-refractivity contribution < 1.29 is 4.79 Å². The first-order chi connectivity index (χ1) is 11.3. The number of aromatic nitrogens is 2. The van der Waals surface area contributed by atoms with Crippen LogP contribution in [0.4, 0.5) is 5.82 Å². The van der Waals surface area contributed by atoms with Crippen LogP contribution in [0.25, 0.3) is 6.08 Å². The number of carbonyl (C=O) groups excluding carboxylic acids is 1. The van der Waals surface area contributed by atoms with E-state index in [4.69, 9.17) is 5.10 Å². The van der Waals surface area contributed by atoms with Crippen molar-refractivity contribution >= 4 is 17.8 Å². The molecule has 0 spiro atoms. The van der Waals surface area contributed by atoms with Crippen molar-refractivity contribution in [2.24, 2.45) is 7.05 Å². The van der Waals surface area contributed by atoms with Crippen molar-refractivity contribution in [3.05, 3.63) is 52.7 Å². The Hall–Kier alpha value is -2.36. The average molecular weight is 323 g/mol. The quantitative estimate of drug-likeness (QED) is 0.898. The van der Waals surface area contributed by atoms with Crippen LogP contribution in [-0.2, 0) is 17.3 Å². The summed E-state index contributed by atoms with van der Waals surface area (Å²) in [6.07, 6.45) is 2.64. The first-order valence-corrected chi connectivity index (χ1v) is 8.38. The summed E-state index contributed by atoms with van der Waals surface area (Å²) in [5, 5.41) is 7.72. The maximum atomic E-state index is 12.2. The number of hydrogen-bond acceptors (Lipinski definition) is 2. The van der Waals surface area contributed by atoms with Crippen LogP contribution in [0, 0.1) is 0 Å². The number of hydrogen-bond donors (Lipinski definition) is 1. The van der Waals surface area contributed by atoms with Crippen LogP contribution in [0.5, 0.6) is 0 Å². The molecule has 126 valence electrons. The number of amides is 1. The minimum absolute atomic E-state index is 0.0526. The Morgan fingerprint density at radius 3 is 2.58 bits per heavy atom. The van der Waals surface area contributed by atoms with E-state index >= 15 is 0 Å². The van der Waals surface area contributed by atoms with Crippen molar-refractivity contribution in [3.8, 4) is 0 Å². The molecule has 1 atom stereocenters. The highest BCUT2D eigenvalue weighted by Crippen LogP contribution is 2.43. The standard InChI is InChI=1S/C20H25N3O/c1-13(11-14-9-7-6-8-10-14)15-12-16(24)21-19-17(15)18(20(2,3)4)22-23(19)5/h6-11,15H,12H2,1-5H3,(H,21,24)/b13-11+/t15-/m1/s1. The van der Waals surface area contributed by atoms with Crippen molar-refractivity contribution in [2.75, 3.05) is 5.32 Å². The highest BCUT2D eigenvalue weighted by molar-refractivity contribution is 5.95. The second kappa shape index (κ2) is 5.93.